The number of halogens is 1. The van der Waals surface area contributed by atoms with Gasteiger partial charge in [-0.15, -0.1) is 0 Å². The summed E-state index contributed by atoms with van der Waals surface area (Å²) < 4.78 is 27.3. The Hall–Kier alpha value is 0.200. The molecule has 1 fully saturated rings. The highest BCUT2D eigenvalue weighted by molar-refractivity contribution is 8.13. The number of hydrogen-bond donors (Lipinski definition) is 0. The summed E-state index contributed by atoms with van der Waals surface area (Å²) in [5.41, 5.74) is 0. The first-order valence-electron chi connectivity index (χ1n) is 7.01. The molecule has 5 heteroatoms. The third kappa shape index (κ3) is 8.33. The molecule has 0 aromatic carbocycles. The SMILES string of the molecule is CC1CCCC(OCCCCCCS(=O)(=O)Cl)C1. The van der Waals surface area contributed by atoms with Crippen molar-refractivity contribution < 1.29 is 13.2 Å². The van der Waals surface area contributed by atoms with Crippen LogP contribution in [0.25, 0.3) is 0 Å². The number of unbranched alkanes of at least 4 members (excludes halogenated alkanes) is 3. The normalized spacial score (nSPS) is 25.2. The molecule has 0 aromatic heterocycles. The molecule has 0 N–H and O–H groups in total. The quantitative estimate of drug-likeness (QED) is 0.506. The van der Waals surface area contributed by atoms with Crippen LogP contribution in [-0.4, -0.2) is 26.9 Å². The van der Waals surface area contributed by atoms with E-state index in [0.29, 0.717) is 12.5 Å². The summed E-state index contributed by atoms with van der Waals surface area (Å²) in [7, 11) is 1.84. The van der Waals surface area contributed by atoms with E-state index in [9.17, 15) is 8.42 Å². The third-order valence-electron chi connectivity index (χ3n) is 3.52. The first kappa shape index (κ1) is 16.3. The van der Waals surface area contributed by atoms with Crippen LogP contribution in [0.5, 0.6) is 0 Å². The molecule has 1 aliphatic rings. The maximum atomic E-state index is 10.7. The summed E-state index contributed by atoms with van der Waals surface area (Å²) in [6.07, 6.45) is 9.10. The van der Waals surface area contributed by atoms with E-state index < -0.39 is 9.05 Å². The molecule has 1 rings (SSSR count). The van der Waals surface area contributed by atoms with Gasteiger partial charge in [-0.3, -0.25) is 0 Å². The van der Waals surface area contributed by atoms with Crippen molar-refractivity contribution >= 4 is 19.7 Å². The van der Waals surface area contributed by atoms with Gasteiger partial charge in [-0.25, -0.2) is 8.42 Å². The molecule has 0 aromatic rings. The minimum atomic E-state index is -3.30. The van der Waals surface area contributed by atoms with E-state index in [0.717, 1.165) is 31.8 Å². The summed E-state index contributed by atoms with van der Waals surface area (Å²) in [6.45, 7) is 3.10. The fraction of sp³-hybridized carbons (Fsp3) is 1.00. The molecule has 0 spiro atoms. The van der Waals surface area contributed by atoms with Crippen molar-refractivity contribution in [1.82, 2.24) is 0 Å². The second-order valence-electron chi connectivity index (χ2n) is 5.42. The standard InChI is InChI=1S/C13H25ClO3S/c1-12-7-6-8-13(11-12)17-9-4-2-3-5-10-18(14,15)16/h12-13H,2-11H2,1H3. The van der Waals surface area contributed by atoms with Gasteiger partial charge in [0.25, 0.3) is 0 Å². The van der Waals surface area contributed by atoms with Gasteiger partial charge in [-0.05, 0) is 31.6 Å². The van der Waals surface area contributed by atoms with Crippen molar-refractivity contribution in [3.63, 3.8) is 0 Å². The molecule has 0 aliphatic heterocycles. The Morgan fingerprint density at radius 1 is 1.17 bits per heavy atom. The van der Waals surface area contributed by atoms with Crippen LogP contribution in [0, 0.1) is 5.92 Å². The predicted molar refractivity (Wildman–Crippen MR) is 75.5 cm³/mol. The lowest BCUT2D eigenvalue weighted by molar-refractivity contribution is 0.0137. The Bertz CT molecular complexity index is 316. The van der Waals surface area contributed by atoms with Gasteiger partial charge in [0, 0.05) is 17.3 Å². The number of ether oxygens (including phenoxy) is 1. The monoisotopic (exact) mass is 296 g/mol. The Kier molecular flexibility index (Phi) is 7.57. The third-order valence-corrected chi connectivity index (χ3v) is 4.76. The van der Waals surface area contributed by atoms with Gasteiger partial charge in [0.15, 0.2) is 0 Å². The molecular weight excluding hydrogens is 272 g/mol. The lowest BCUT2D eigenvalue weighted by atomic mass is 9.89. The molecule has 0 radical (unpaired) electrons. The van der Waals surface area contributed by atoms with Crippen LogP contribution in [0.15, 0.2) is 0 Å². The summed E-state index contributed by atoms with van der Waals surface area (Å²) in [4.78, 5) is 0. The molecule has 2 unspecified atom stereocenters. The first-order valence-corrected chi connectivity index (χ1v) is 9.49. The van der Waals surface area contributed by atoms with Crippen molar-refractivity contribution in [3.8, 4) is 0 Å². The van der Waals surface area contributed by atoms with E-state index >= 15 is 0 Å². The van der Waals surface area contributed by atoms with Gasteiger partial charge in [-0.1, -0.05) is 32.6 Å². The molecule has 108 valence electrons. The van der Waals surface area contributed by atoms with Crippen LogP contribution < -0.4 is 0 Å². The fourth-order valence-corrected chi connectivity index (χ4v) is 3.39. The Morgan fingerprint density at radius 3 is 2.56 bits per heavy atom. The highest BCUT2D eigenvalue weighted by Crippen LogP contribution is 2.25. The average molecular weight is 297 g/mol. The summed E-state index contributed by atoms with van der Waals surface area (Å²) in [6, 6.07) is 0. The van der Waals surface area contributed by atoms with Crippen LogP contribution in [0.2, 0.25) is 0 Å². The molecule has 2 atom stereocenters. The van der Waals surface area contributed by atoms with Crippen LogP contribution in [0.4, 0.5) is 0 Å². The van der Waals surface area contributed by atoms with Crippen molar-refractivity contribution in [2.75, 3.05) is 12.4 Å². The van der Waals surface area contributed by atoms with Gasteiger partial charge in [0.05, 0.1) is 11.9 Å². The van der Waals surface area contributed by atoms with Gasteiger partial charge in [0.2, 0.25) is 9.05 Å². The molecule has 3 nitrogen and oxygen atoms in total. The summed E-state index contributed by atoms with van der Waals surface area (Å²) in [5, 5.41) is 0. The lowest BCUT2D eigenvalue weighted by Gasteiger charge is -2.26. The van der Waals surface area contributed by atoms with Crippen molar-refractivity contribution in [2.24, 2.45) is 5.92 Å². The first-order chi connectivity index (χ1) is 8.47. The number of hydrogen-bond acceptors (Lipinski definition) is 3. The van der Waals surface area contributed by atoms with E-state index in [4.69, 9.17) is 15.4 Å². The minimum Gasteiger partial charge on any atom is -0.378 e. The molecular formula is C13H25ClO3S. The minimum absolute atomic E-state index is 0.0928. The topological polar surface area (TPSA) is 43.4 Å². The molecule has 1 aliphatic carbocycles. The smallest absolute Gasteiger partial charge is 0.232 e. The van der Waals surface area contributed by atoms with Gasteiger partial charge < -0.3 is 4.74 Å². The van der Waals surface area contributed by atoms with E-state index in [-0.39, 0.29) is 5.75 Å². The predicted octanol–water partition coefficient (Wildman–Crippen LogP) is 3.71. The maximum absolute atomic E-state index is 10.7. The average Bonchev–Trinajstić information content (AvgIpc) is 2.26. The van der Waals surface area contributed by atoms with Crippen molar-refractivity contribution in [2.45, 2.75) is 64.4 Å². The molecule has 0 amide bonds. The Labute approximate surface area is 116 Å². The van der Waals surface area contributed by atoms with Gasteiger partial charge in [-0.2, -0.15) is 0 Å². The molecule has 1 saturated carbocycles. The van der Waals surface area contributed by atoms with E-state index in [1.54, 1.807) is 0 Å². The zero-order valence-corrected chi connectivity index (χ0v) is 12.8. The highest BCUT2D eigenvalue weighted by Gasteiger charge is 2.18. The second-order valence-corrected chi connectivity index (χ2v) is 8.32. The zero-order valence-electron chi connectivity index (χ0n) is 11.2. The number of rotatable bonds is 8. The van der Waals surface area contributed by atoms with Gasteiger partial charge in [0.1, 0.15) is 0 Å². The van der Waals surface area contributed by atoms with Crippen LogP contribution in [-0.2, 0) is 13.8 Å². The summed E-state index contributed by atoms with van der Waals surface area (Å²) >= 11 is 0. The van der Waals surface area contributed by atoms with Gasteiger partial charge >= 0.3 is 0 Å². The van der Waals surface area contributed by atoms with E-state index in [2.05, 4.69) is 6.92 Å². The van der Waals surface area contributed by atoms with E-state index in [1.807, 2.05) is 0 Å². The van der Waals surface area contributed by atoms with Crippen LogP contribution >= 0.6 is 10.7 Å². The molecule has 18 heavy (non-hydrogen) atoms. The largest absolute Gasteiger partial charge is 0.378 e. The van der Waals surface area contributed by atoms with Crippen molar-refractivity contribution in [3.05, 3.63) is 0 Å². The lowest BCUT2D eigenvalue weighted by Crippen LogP contribution is -2.21. The Morgan fingerprint density at radius 2 is 1.89 bits per heavy atom. The fourth-order valence-electron chi connectivity index (χ4n) is 2.51. The Balaban J connectivity index is 1.92. The molecule has 0 bridgehead atoms. The van der Waals surface area contributed by atoms with Crippen LogP contribution in [0.3, 0.4) is 0 Å². The molecule has 0 saturated heterocycles. The second kappa shape index (κ2) is 8.39. The highest BCUT2D eigenvalue weighted by atomic mass is 35.7. The molecule has 0 heterocycles. The van der Waals surface area contributed by atoms with Crippen LogP contribution in [0.1, 0.15) is 58.3 Å². The maximum Gasteiger partial charge on any atom is 0.232 e. The van der Waals surface area contributed by atoms with E-state index in [1.165, 1.54) is 25.7 Å². The van der Waals surface area contributed by atoms with Crippen molar-refractivity contribution in [1.29, 1.82) is 0 Å². The zero-order chi connectivity index (χ0) is 13.4. The summed E-state index contributed by atoms with van der Waals surface area (Å²) in [5.74, 6) is 0.896.